The van der Waals surface area contributed by atoms with E-state index in [1.54, 1.807) is 12.3 Å². The minimum atomic E-state index is -0.991. The zero-order valence-electron chi connectivity index (χ0n) is 13.8. The van der Waals surface area contributed by atoms with E-state index in [2.05, 4.69) is 39.2 Å². The van der Waals surface area contributed by atoms with E-state index in [1.807, 2.05) is 18.2 Å². The Labute approximate surface area is 147 Å². The largest absolute Gasteiger partial charge is 0.478 e. The molecular weight excluding hydrogens is 314 g/mol. The normalized spacial score (nSPS) is 14.2. The lowest BCUT2D eigenvalue weighted by Crippen LogP contribution is -2.43. The van der Waals surface area contributed by atoms with Gasteiger partial charge in [-0.1, -0.05) is 11.8 Å². The molecule has 25 heavy (non-hydrogen) atoms. The number of hydrogen-bond acceptors (Lipinski definition) is 4. The highest BCUT2D eigenvalue weighted by molar-refractivity contribution is 5.84. The first-order valence-electron chi connectivity index (χ1n) is 8.15. The fourth-order valence-corrected chi connectivity index (χ4v) is 2.56. The van der Waals surface area contributed by atoms with Crippen LogP contribution in [0.5, 0.6) is 0 Å². The van der Waals surface area contributed by atoms with Crippen LogP contribution >= 0.6 is 0 Å². The third-order valence-electron chi connectivity index (χ3n) is 3.88. The summed E-state index contributed by atoms with van der Waals surface area (Å²) in [6.45, 7) is 4.09. The molecule has 0 atom stereocenters. The summed E-state index contributed by atoms with van der Waals surface area (Å²) in [4.78, 5) is 17.0. The van der Waals surface area contributed by atoms with Gasteiger partial charge < -0.3 is 15.3 Å². The minimum absolute atomic E-state index is 0.591. The second-order valence-corrected chi connectivity index (χ2v) is 5.68. The second kappa shape index (κ2) is 8.13. The molecule has 1 aliphatic rings. The second-order valence-electron chi connectivity index (χ2n) is 5.68. The van der Waals surface area contributed by atoms with Crippen LogP contribution in [0.2, 0.25) is 0 Å². The first-order valence-corrected chi connectivity index (χ1v) is 8.15. The van der Waals surface area contributed by atoms with Gasteiger partial charge in [0, 0.05) is 55.3 Å². The van der Waals surface area contributed by atoms with Crippen LogP contribution in [0.25, 0.3) is 6.08 Å². The number of hydrogen-bond donors (Lipinski definition) is 2. The van der Waals surface area contributed by atoms with Gasteiger partial charge in [-0.3, -0.25) is 4.98 Å². The number of anilines is 1. The average molecular weight is 333 g/mol. The predicted molar refractivity (Wildman–Crippen MR) is 98.4 cm³/mol. The number of carbonyl (C=O) groups is 1. The van der Waals surface area contributed by atoms with Crippen molar-refractivity contribution < 1.29 is 9.90 Å². The molecule has 0 radical (unpaired) electrons. The first kappa shape index (κ1) is 16.7. The first-order chi connectivity index (χ1) is 12.2. The van der Waals surface area contributed by atoms with Gasteiger partial charge in [0.2, 0.25) is 0 Å². The molecule has 1 aromatic carbocycles. The van der Waals surface area contributed by atoms with Crippen LogP contribution in [0.3, 0.4) is 0 Å². The molecule has 1 aromatic heterocycles. The third kappa shape index (κ3) is 4.93. The highest BCUT2D eigenvalue weighted by Gasteiger charge is 2.09. The quantitative estimate of drug-likeness (QED) is 0.664. The van der Waals surface area contributed by atoms with Gasteiger partial charge in [0.25, 0.3) is 0 Å². The van der Waals surface area contributed by atoms with Crippen molar-refractivity contribution in [2.45, 2.75) is 0 Å². The number of carboxylic acids is 1. The summed E-state index contributed by atoms with van der Waals surface area (Å²) in [6.07, 6.45) is 4.16. The van der Waals surface area contributed by atoms with Crippen LogP contribution in [0.1, 0.15) is 16.8 Å². The van der Waals surface area contributed by atoms with Crippen molar-refractivity contribution in [2.75, 3.05) is 31.1 Å². The predicted octanol–water partition coefficient (Wildman–Crippen LogP) is 1.99. The lowest BCUT2D eigenvalue weighted by Gasteiger charge is -2.29. The highest BCUT2D eigenvalue weighted by atomic mass is 16.4. The van der Waals surface area contributed by atoms with E-state index >= 15 is 0 Å². The number of benzene rings is 1. The molecule has 1 saturated heterocycles. The van der Waals surface area contributed by atoms with E-state index in [4.69, 9.17) is 5.11 Å². The topological polar surface area (TPSA) is 65.5 Å². The van der Waals surface area contributed by atoms with Crippen LogP contribution in [-0.2, 0) is 4.79 Å². The van der Waals surface area contributed by atoms with Gasteiger partial charge in [-0.2, -0.15) is 0 Å². The lowest BCUT2D eigenvalue weighted by atomic mass is 10.1. The van der Waals surface area contributed by atoms with Gasteiger partial charge in [0.05, 0.1) is 5.69 Å². The zero-order valence-corrected chi connectivity index (χ0v) is 13.8. The van der Waals surface area contributed by atoms with E-state index in [0.717, 1.165) is 43.4 Å². The van der Waals surface area contributed by atoms with E-state index in [0.29, 0.717) is 5.69 Å². The van der Waals surface area contributed by atoms with Crippen LogP contribution in [-0.4, -0.2) is 42.2 Å². The van der Waals surface area contributed by atoms with Crippen molar-refractivity contribution in [1.29, 1.82) is 0 Å². The molecule has 0 spiro atoms. The number of piperazine rings is 1. The zero-order chi connectivity index (χ0) is 17.5. The molecule has 0 amide bonds. The fraction of sp³-hybridized carbons (Fsp3) is 0.200. The molecule has 0 aliphatic carbocycles. The van der Waals surface area contributed by atoms with Crippen molar-refractivity contribution in [2.24, 2.45) is 0 Å². The number of aromatic nitrogens is 1. The van der Waals surface area contributed by atoms with Gasteiger partial charge in [0.1, 0.15) is 0 Å². The Hall–Kier alpha value is -3.10. The van der Waals surface area contributed by atoms with Gasteiger partial charge >= 0.3 is 5.97 Å². The average Bonchev–Trinajstić information content (AvgIpc) is 2.66. The molecule has 0 unspecified atom stereocenters. The molecule has 5 heteroatoms. The summed E-state index contributed by atoms with van der Waals surface area (Å²) >= 11 is 0. The van der Waals surface area contributed by atoms with Gasteiger partial charge in [-0.15, -0.1) is 0 Å². The molecular formula is C20H19N3O2. The molecule has 1 aliphatic heterocycles. The van der Waals surface area contributed by atoms with Crippen molar-refractivity contribution in [3.63, 3.8) is 0 Å². The van der Waals surface area contributed by atoms with Gasteiger partial charge in [-0.25, -0.2) is 4.79 Å². The lowest BCUT2D eigenvalue weighted by molar-refractivity contribution is -0.131. The van der Waals surface area contributed by atoms with Crippen LogP contribution < -0.4 is 10.2 Å². The third-order valence-corrected chi connectivity index (χ3v) is 3.88. The molecule has 5 nitrogen and oxygen atoms in total. The Morgan fingerprint density at radius 2 is 1.76 bits per heavy atom. The number of pyridine rings is 1. The molecule has 126 valence electrons. The molecule has 2 heterocycles. The van der Waals surface area contributed by atoms with Crippen LogP contribution in [0, 0.1) is 11.8 Å². The molecule has 2 aromatic rings. The summed E-state index contributed by atoms with van der Waals surface area (Å²) in [5.41, 5.74) is 3.56. The standard InChI is InChI=1S/C20H19N3O2/c24-20(25)10-7-18-6-3-17(15-22-18)2-1-16-4-8-19(9-5-16)23-13-11-21-12-14-23/h3-10,15,21H,11-14H2,(H,24,25). The Bertz CT molecular complexity index is 809. The Balaban J connectivity index is 1.65. The maximum absolute atomic E-state index is 10.5. The minimum Gasteiger partial charge on any atom is -0.478 e. The number of nitrogens with zero attached hydrogens (tertiary/aromatic N) is 2. The molecule has 0 bridgehead atoms. The van der Waals surface area contributed by atoms with Crippen molar-refractivity contribution in [3.8, 4) is 11.8 Å². The molecule has 1 fully saturated rings. The van der Waals surface area contributed by atoms with Crippen LogP contribution in [0.15, 0.2) is 48.7 Å². The number of rotatable bonds is 3. The van der Waals surface area contributed by atoms with Gasteiger partial charge in [-0.05, 0) is 42.5 Å². The Morgan fingerprint density at radius 1 is 1.08 bits per heavy atom. The Morgan fingerprint density at radius 3 is 2.40 bits per heavy atom. The van der Waals surface area contributed by atoms with Crippen molar-refractivity contribution in [1.82, 2.24) is 10.3 Å². The monoisotopic (exact) mass is 333 g/mol. The van der Waals surface area contributed by atoms with Crippen molar-refractivity contribution in [3.05, 3.63) is 65.5 Å². The maximum Gasteiger partial charge on any atom is 0.328 e. The van der Waals surface area contributed by atoms with E-state index in [9.17, 15) is 4.79 Å². The highest BCUT2D eigenvalue weighted by Crippen LogP contribution is 2.15. The number of carboxylic acid groups (broad SMARTS) is 1. The van der Waals surface area contributed by atoms with Gasteiger partial charge in [0.15, 0.2) is 0 Å². The van der Waals surface area contributed by atoms with Crippen LogP contribution in [0.4, 0.5) is 5.69 Å². The SMILES string of the molecule is O=C(O)C=Cc1ccc(C#Cc2ccc(N3CCNCC3)cc2)cn1. The summed E-state index contributed by atoms with van der Waals surface area (Å²) in [5, 5.41) is 11.9. The van der Waals surface area contributed by atoms with E-state index in [1.165, 1.54) is 11.8 Å². The summed E-state index contributed by atoms with van der Waals surface area (Å²) in [7, 11) is 0. The van der Waals surface area contributed by atoms with Crippen molar-refractivity contribution >= 4 is 17.7 Å². The summed E-state index contributed by atoms with van der Waals surface area (Å²) in [6, 6.07) is 11.8. The summed E-state index contributed by atoms with van der Waals surface area (Å²) in [5.74, 6) is 5.21. The number of aliphatic carboxylic acids is 1. The summed E-state index contributed by atoms with van der Waals surface area (Å²) < 4.78 is 0. The van der Waals surface area contributed by atoms with E-state index < -0.39 is 5.97 Å². The Kier molecular flexibility index (Phi) is 5.45. The molecule has 0 saturated carbocycles. The smallest absolute Gasteiger partial charge is 0.328 e. The van der Waals surface area contributed by atoms with E-state index in [-0.39, 0.29) is 0 Å². The molecule has 3 rings (SSSR count). The fourth-order valence-electron chi connectivity index (χ4n) is 2.56. The maximum atomic E-state index is 10.5. The molecule has 2 N–H and O–H groups in total. The number of nitrogens with one attached hydrogen (secondary N) is 1.